The van der Waals surface area contributed by atoms with Crippen molar-refractivity contribution in [2.45, 2.75) is 23.8 Å². The molecule has 0 bridgehead atoms. The molecule has 1 aromatic carbocycles. The first-order chi connectivity index (χ1) is 8.42. The van der Waals surface area contributed by atoms with E-state index in [9.17, 15) is 17.6 Å². The molecule has 0 atom stereocenters. The van der Waals surface area contributed by atoms with Gasteiger partial charge in [-0.15, -0.1) is 0 Å². The average Bonchev–Trinajstić information content (AvgIpc) is 3.11. The minimum Gasteiger partial charge on any atom is -0.342 e. The van der Waals surface area contributed by atoms with Crippen LogP contribution in [0.15, 0.2) is 29.2 Å². The number of sulfone groups is 1. The van der Waals surface area contributed by atoms with Gasteiger partial charge in [-0.2, -0.15) is 0 Å². The van der Waals surface area contributed by atoms with Gasteiger partial charge in [-0.3, -0.25) is 4.79 Å². The van der Waals surface area contributed by atoms with Crippen LogP contribution < -0.4 is 0 Å². The van der Waals surface area contributed by atoms with Crippen molar-refractivity contribution >= 4 is 15.7 Å². The molecule has 0 aromatic heterocycles. The van der Waals surface area contributed by atoms with Gasteiger partial charge in [0.1, 0.15) is 16.5 Å². The van der Waals surface area contributed by atoms with Gasteiger partial charge in [-0.1, -0.05) is 12.1 Å². The normalized spacial score (nSPS) is 15.4. The summed E-state index contributed by atoms with van der Waals surface area (Å²) in [5.41, 5.74) is 0. The van der Waals surface area contributed by atoms with Gasteiger partial charge in [0.05, 0.1) is 0 Å². The number of hydrogen-bond donors (Lipinski definition) is 0. The first-order valence-electron chi connectivity index (χ1n) is 5.65. The van der Waals surface area contributed by atoms with Crippen LogP contribution in [0, 0.1) is 5.82 Å². The molecular weight excluding hydrogens is 257 g/mol. The van der Waals surface area contributed by atoms with Crippen molar-refractivity contribution in [3.63, 3.8) is 0 Å². The molecule has 4 nitrogen and oxygen atoms in total. The molecule has 1 aliphatic carbocycles. The van der Waals surface area contributed by atoms with Crippen molar-refractivity contribution in [3.8, 4) is 0 Å². The third-order valence-corrected chi connectivity index (χ3v) is 4.60. The molecule has 0 saturated heterocycles. The lowest BCUT2D eigenvalue weighted by Gasteiger charge is -2.16. The minimum atomic E-state index is -3.91. The quantitative estimate of drug-likeness (QED) is 0.827. The van der Waals surface area contributed by atoms with E-state index in [2.05, 4.69) is 0 Å². The van der Waals surface area contributed by atoms with Crippen molar-refractivity contribution in [2.75, 3.05) is 12.8 Å². The number of benzene rings is 1. The van der Waals surface area contributed by atoms with Crippen molar-refractivity contribution in [1.82, 2.24) is 4.90 Å². The summed E-state index contributed by atoms with van der Waals surface area (Å²) in [4.78, 5) is 12.8. The summed E-state index contributed by atoms with van der Waals surface area (Å²) in [5, 5.41) is 0. The smallest absolute Gasteiger partial charge is 0.238 e. The van der Waals surface area contributed by atoms with Crippen LogP contribution in [-0.2, 0) is 14.6 Å². The number of rotatable bonds is 4. The molecule has 0 radical (unpaired) electrons. The summed E-state index contributed by atoms with van der Waals surface area (Å²) < 4.78 is 37.3. The van der Waals surface area contributed by atoms with E-state index in [0.717, 1.165) is 18.9 Å². The molecule has 18 heavy (non-hydrogen) atoms. The molecule has 0 aliphatic heterocycles. The molecule has 98 valence electrons. The molecular formula is C12H14FNO3S. The van der Waals surface area contributed by atoms with E-state index in [1.54, 1.807) is 7.05 Å². The van der Waals surface area contributed by atoms with Crippen molar-refractivity contribution < 1.29 is 17.6 Å². The molecule has 1 aliphatic rings. The Bertz CT molecular complexity index is 566. The highest BCUT2D eigenvalue weighted by Gasteiger charge is 2.32. The molecule has 0 N–H and O–H groups in total. The second-order valence-corrected chi connectivity index (χ2v) is 6.38. The number of carbonyl (C=O) groups is 1. The molecule has 1 fully saturated rings. The second kappa shape index (κ2) is 4.68. The number of amides is 1. The van der Waals surface area contributed by atoms with Crippen LogP contribution in [0.1, 0.15) is 12.8 Å². The van der Waals surface area contributed by atoms with E-state index >= 15 is 0 Å². The van der Waals surface area contributed by atoms with E-state index < -0.39 is 32.2 Å². The molecule has 1 saturated carbocycles. The standard InChI is InChI=1S/C12H14FNO3S/c1-14(9-6-7-9)12(15)8-18(16,17)11-5-3-2-4-10(11)13/h2-5,9H,6-8H2,1H3. The number of hydrogen-bond acceptors (Lipinski definition) is 3. The summed E-state index contributed by atoms with van der Waals surface area (Å²) in [6.45, 7) is 0. The summed E-state index contributed by atoms with van der Waals surface area (Å²) >= 11 is 0. The van der Waals surface area contributed by atoms with Crippen LogP contribution >= 0.6 is 0 Å². The van der Waals surface area contributed by atoms with Crippen LogP contribution in [0.25, 0.3) is 0 Å². The third-order valence-electron chi connectivity index (χ3n) is 2.97. The summed E-state index contributed by atoms with van der Waals surface area (Å²) in [7, 11) is -2.33. The number of nitrogens with zero attached hydrogens (tertiary/aromatic N) is 1. The second-order valence-electron chi connectivity index (χ2n) is 4.43. The predicted molar refractivity (Wildman–Crippen MR) is 64.2 cm³/mol. The maximum absolute atomic E-state index is 13.4. The SMILES string of the molecule is CN(C(=O)CS(=O)(=O)c1ccccc1F)C1CC1. The van der Waals surface area contributed by atoms with Gasteiger partial charge in [-0.05, 0) is 25.0 Å². The van der Waals surface area contributed by atoms with Gasteiger partial charge >= 0.3 is 0 Å². The molecule has 0 heterocycles. The van der Waals surface area contributed by atoms with E-state index in [1.807, 2.05) is 0 Å². The highest BCUT2D eigenvalue weighted by Crippen LogP contribution is 2.26. The molecule has 0 unspecified atom stereocenters. The molecule has 2 rings (SSSR count). The Morgan fingerprint density at radius 1 is 1.39 bits per heavy atom. The van der Waals surface area contributed by atoms with Crippen molar-refractivity contribution in [3.05, 3.63) is 30.1 Å². The lowest BCUT2D eigenvalue weighted by molar-refractivity contribution is -0.127. The monoisotopic (exact) mass is 271 g/mol. The predicted octanol–water partition coefficient (Wildman–Crippen LogP) is 1.22. The topological polar surface area (TPSA) is 54.5 Å². The summed E-state index contributed by atoms with van der Waals surface area (Å²) in [6.07, 6.45) is 1.81. The van der Waals surface area contributed by atoms with Gasteiger partial charge in [0, 0.05) is 13.1 Å². The molecule has 6 heteroatoms. The van der Waals surface area contributed by atoms with Crippen LogP contribution in [0.2, 0.25) is 0 Å². The maximum atomic E-state index is 13.4. The first-order valence-corrected chi connectivity index (χ1v) is 7.30. The zero-order valence-corrected chi connectivity index (χ0v) is 10.8. The fourth-order valence-electron chi connectivity index (χ4n) is 1.70. The fraction of sp³-hybridized carbons (Fsp3) is 0.417. The van der Waals surface area contributed by atoms with E-state index in [4.69, 9.17) is 0 Å². The van der Waals surface area contributed by atoms with E-state index in [0.29, 0.717) is 0 Å². The van der Waals surface area contributed by atoms with Crippen LogP contribution in [0.4, 0.5) is 4.39 Å². The van der Waals surface area contributed by atoms with Gasteiger partial charge in [0.25, 0.3) is 0 Å². The maximum Gasteiger partial charge on any atom is 0.238 e. The Labute approximate surface area is 105 Å². The largest absolute Gasteiger partial charge is 0.342 e. The Kier molecular flexibility index (Phi) is 3.38. The Morgan fingerprint density at radius 2 is 2.00 bits per heavy atom. The zero-order valence-electron chi connectivity index (χ0n) is 9.97. The summed E-state index contributed by atoms with van der Waals surface area (Å²) in [6, 6.07) is 5.24. The number of carbonyl (C=O) groups excluding carboxylic acids is 1. The minimum absolute atomic E-state index is 0.147. The van der Waals surface area contributed by atoms with E-state index in [-0.39, 0.29) is 6.04 Å². The van der Waals surface area contributed by atoms with Crippen LogP contribution in [-0.4, -0.2) is 38.1 Å². The molecule has 0 spiro atoms. The molecule has 1 amide bonds. The lowest BCUT2D eigenvalue weighted by atomic mass is 10.3. The van der Waals surface area contributed by atoms with Crippen LogP contribution in [0.5, 0.6) is 0 Å². The Balaban J connectivity index is 2.17. The van der Waals surface area contributed by atoms with Gasteiger partial charge in [0.15, 0.2) is 9.84 Å². The Morgan fingerprint density at radius 3 is 2.56 bits per heavy atom. The number of halogens is 1. The van der Waals surface area contributed by atoms with Crippen LogP contribution in [0.3, 0.4) is 0 Å². The zero-order chi connectivity index (χ0) is 13.3. The highest BCUT2D eigenvalue weighted by molar-refractivity contribution is 7.92. The molecule has 1 aromatic rings. The van der Waals surface area contributed by atoms with Gasteiger partial charge in [0.2, 0.25) is 5.91 Å². The summed E-state index contributed by atoms with van der Waals surface area (Å²) in [5.74, 6) is -1.99. The Hall–Kier alpha value is -1.43. The van der Waals surface area contributed by atoms with Gasteiger partial charge < -0.3 is 4.90 Å². The first kappa shape index (κ1) is 13.0. The highest BCUT2D eigenvalue weighted by atomic mass is 32.2. The van der Waals surface area contributed by atoms with Crippen molar-refractivity contribution in [1.29, 1.82) is 0 Å². The van der Waals surface area contributed by atoms with Crippen molar-refractivity contribution in [2.24, 2.45) is 0 Å². The van der Waals surface area contributed by atoms with E-state index in [1.165, 1.54) is 23.1 Å². The lowest BCUT2D eigenvalue weighted by Crippen LogP contribution is -2.34. The fourth-order valence-corrected chi connectivity index (χ4v) is 3.04. The average molecular weight is 271 g/mol. The van der Waals surface area contributed by atoms with Gasteiger partial charge in [-0.25, -0.2) is 12.8 Å². The third kappa shape index (κ3) is 2.69.